The molecule has 0 saturated heterocycles. The van der Waals surface area contributed by atoms with E-state index in [-0.39, 0.29) is 0 Å². The van der Waals surface area contributed by atoms with E-state index in [2.05, 4.69) is 42.7 Å². The van der Waals surface area contributed by atoms with Crippen LogP contribution in [-0.4, -0.2) is 23.6 Å². The molecule has 1 rings (SSSR count). The Kier molecular flexibility index (Phi) is 5.69. The Balaban J connectivity index is 2.85. The number of halogens is 1. The highest BCUT2D eigenvalue weighted by molar-refractivity contribution is 6.30. The van der Waals surface area contributed by atoms with Gasteiger partial charge in [-0.25, -0.2) is 9.97 Å². The number of hydrogen-bond acceptors (Lipinski definition) is 3. The summed E-state index contributed by atoms with van der Waals surface area (Å²) >= 11 is 6.15. The topological polar surface area (TPSA) is 29.0 Å². The van der Waals surface area contributed by atoms with Gasteiger partial charge in [0.2, 0.25) is 0 Å². The third-order valence-corrected chi connectivity index (χ3v) is 3.15. The van der Waals surface area contributed by atoms with Gasteiger partial charge in [-0.15, -0.1) is 0 Å². The maximum atomic E-state index is 6.15. The number of nitrogens with zero attached hydrogens (tertiary/aromatic N) is 3. The van der Waals surface area contributed by atoms with Crippen molar-refractivity contribution in [3.63, 3.8) is 0 Å². The molecule has 17 heavy (non-hydrogen) atoms. The Morgan fingerprint density at radius 1 is 1.29 bits per heavy atom. The molecule has 4 heteroatoms. The van der Waals surface area contributed by atoms with E-state index in [0.29, 0.717) is 11.1 Å². The van der Waals surface area contributed by atoms with Gasteiger partial charge in [-0.2, -0.15) is 0 Å². The van der Waals surface area contributed by atoms with E-state index in [4.69, 9.17) is 11.6 Å². The number of anilines is 1. The van der Waals surface area contributed by atoms with Crippen LogP contribution in [0.25, 0.3) is 0 Å². The lowest BCUT2D eigenvalue weighted by Crippen LogP contribution is -2.22. The van der Waals surface area contributed by atoms with Crippen LogP contribution < -0.4 is 4.90 Å². The first-order chi connectivity index (χ1) is 8.07. The lowest BCUT2D eigenvalue weighted by molar-refractivity contribution is 0.695. The molecule has 0 unspecified atom stereocenters. The van der Waals surface area contributed by atoms with Crippen molar-refractivity contribution in [1.29, 1.82) is 0 Å². The van der Waals surface area contributed by atoms with Gasteiger partial charge in [0, 0.05) is 19.2 Å². The van der Waals surface area contributed by atoms with E-state index in [0.717, 1.165) is 17.9 Å². The van der Waals surface area contributed by atoms with Crippen molar-refractivity contribution in [2.75, 3.05) is 18.5 Å². The molecule has 0 radical (unpaired) electrons. The fourth-order valence-corrected chi connectivity index (χ4v) is 2.22. The van der Waals surface area contributed by atoms with Crippen LogP contribution in [0, 0.1) is 0 Å². The van der Waals surface area contributed by atoms with Crippen LogP contribution in [0.15, 0.2) is 6.33 Å². The van der Waals surface area contributed by atoms with Crippen LogP contribution in [0.3, 0.4) is 0 Å². The van der Waals surface area contributed by atoms with Crippen molar-refractivity contribution in [2.24, 2.45) is 0 Å². The number of unbranched alkanes of at least 4 members (excludes halogenated alkanes) is 2. The van der Waals surface area contributed by atoms with Crippen molar-refractivity contribution in [3.8, 4) is 0 Å². The van der Waals surface area contributed by atoms with Gasteiger partial charge in [0.15, 0.2) is 0 Å². The molecule has 3 nitrogen and oxygen atoms in total. The van der Waals surface area contributed by atoms with E-state index >= 15 is 0 Å². The van der Waals surface area contributed by atoms with Gasteiger partial charge in [-0.1, -0.05) is 45.2 Å². The standard InChI is InChI=1S/C13H22ClN3/c1-5-6-7-8-17(4)13-11(10(2)3)12(14)15-9-16-13/h9-10H,5-8H2,1-4H3. The molecule has 1 heterocycles. The first-order valence-corrected chi connectivity index (χ1v) is 6.67. The third kappa shape index (κ3) is 3.84. The van der Waals surface area contributed by atoms with Gasteiger partial charge < -0.3 is 4.90 Å². The molecular formula is C13H22ClN3. The van der Waals surface area contributed by atoms with Gasteiger partial charge in [0.25, 0.3) is 0 Å². The van der Waals surface area contributed by atoms with Gasteiger partial charge in [-0.05, 0) is 12.3 Å². The van der Waals surface area contributed by atoms with Gasteiger partial charge >= 0.3 is 0 Å². The Bertz CT molecular complexity index is 353. The smallest absolute Gasteiger partial charge is 0.138 e. The van der Waals surface area contributed by atoms with Crippen molar-refractivity contribution in [1.82, 2.24) is 9.97 Å². The summed E-state index contributed by atoms with van der Waals surface area (Å²) in [6, 6.07) is 0. The van der Waals surface area contributed by atoms with Crippen LogP contribution >= 0.6 is 11.6 Å². The summed E-state index contributed by atoms with van der Waals surface area (Å²) in [7, 11) is 2.07. The molecule has 0 fully saturated rings. The molecule has 1 aromatic rings. The van der Waals surface area contributed by atoms with Crippen molar-refractivity contribution in [3.05, 3.63) is 17.0 Å². The van der Waals surface area contributed by atoms with Crippen molar-refractivity contribution in [2.45, 2.75) is 46.0 Å². The van der Waals surface area contributed by atoms with Crippen LogP contribution in [0.1, 0.15) is 51.5 Å². The largest absolute Gasteiger partial charge is 0.359 e. The highest BCUT2D eigenvalue weighted by atomic mass is 35.5. The van der Waals surface area contributed by atoms with Gasteiger partial charge in [0.1, 0.15) is 17.3 Å². The monoisotopic (exact) mass is 255 g/mol. The van der Waals surface area contributed by atoms with Crippen molar-refractivity contribution >= 4 is 17.4 Å². The summed E-state index contributed by atoms with van der Waals surface area (Å²) < 4.78 is 0. The highest BCUT2D eigenvalue weighted by Gasteiger charge is 2.16. The van der Waals surface area contributed by atoms with Gasteiger partial charge in [0.05, 0.1) is 0 Å². The summed E-state index contributed by atoms with van der Waals surface area (Å²) in [6.07, 6.45) is 5.21. The summed E-state index contributed by atoms with van der Waals surface area (Å²) in [6.45, 7) is 7.46. The Hall–Kier alpha value is -0.830. The SMILES string of the molecule is CCCCCN(C)c1ncnc(Cl)c1C(C)C. The molecule has 0 aromatic carbocycles. The zero-order valence-corrected chi connectivity index (χ0v) is 12.0. The molecule has 0 N–H and O–H groups in total. The first kappa shape index (κ1) is 14.2. The second kappa shape index (κ2) is 6.80. The second-order valence-corrected chi connectivity index (χ2v) is 5.04. The third-order valence-electron chi connectivity index (χ3n) is 2.85. The molecule has 96 valence electrons. The average Bonchev–Trinajstić information content (AvgIpc) is 2.28. The van der Waals surface area contributed by atoms with E-state index in [1.54, 1.807) is 6.33 Å². The second-order valence-electron chi connectivity index (χ2n) is 4.69. The minimum Gasteiger partial charge on any atom is -0.359 e. The maximum Gasteiger partial charge on any atom is 0.138 e. The zero-order chi connectivity index (χ0) is 12.8. The Morgan fingerprint density at radius 3 is 2.59 bits per heavy atom. The summed E-state index contributed by atoms with van der Waals surface area (Å²) in [4.78, 5) is 10.6. The molecule has 1 aromatic heterocycles. The number of aromatic nitrogens is 2. The van der Waals surface area contributed by atoms with Gasteiger partial charge in [-0.3, -0.25) is 0 Å². The molecule has 0 aliphatic heterocycles. The lowest BCUT2D eigenvalue weighted by atomic mass is 10.1. The van der Waals surface area contributed by atoms with Crippen LogP contribution in [0.5, 0.6) is 0 Å². The van der Waals surface area contributed by atoms with E-state index < -0.39 is 0 Å². The highest BCUT2D eigenvalue weighted by Crippen LogP contribution is 2.29. The summed E-state index contributed by atoms with van der Waals surface area (Å²) in [5.41, 5.74) is 1.05. The Labute approximate surface area is 109 Å². The molecular weight excluding hydrogens is 234 g/mol. The fourth-order valence-electron chi connectivity index (χ4n) is 1.87. The predicted octanol–water partition coefficient (Wildman–Crippen LogP) is 3.88. The van der Waals surface area contributed by atoms with E-state index in [1.165, 1.54) is 19.3 Å². The normalized spacial score (nSPS) is 10.9. The zero-order valence-electron chi connectivity index (χ0n) is 11.2. The molecule has 0 aliphatic carbocycles. The lowest BCUT2D eigenvalue weighted by Gasteiger charge is -2.22. The first-order valence-electron chi connectivity index (χ1n) is 6.29. The minimum atomic E-state index is 0.340. The van der Waals surface area contributed by atoms with Crippen LogP contribution in [-0.2, 0) is 0 Å². The van der Waals surface area contributed by atoms with Crippen LogP contribution in [0.4, 0.5) is 5.82 Å². The molecule has 0 saturated carbocycles. The van der Waals surface area contributed by atoms with E-state index in [1.807, 2.05) is 0 Å². The summed E-state index contributed by atoms with van der Waals surface area (Å²) in [5.74, 6) is 1.31. The van der Waals surface area contributed by atoms with Crippen LogP contribution in [0.2, 0.25) is 5.15 Å². The number of rotatable bonds is 6. The fraction of sp³-hybridized carbons (Fsp3) is 0.692. The minimum absolute atomic E-state index is 0.340. The number of hydrogen-bond donors (Lipinski definition) is 0. The molecule has 0 atom stereocenters. The quantitative estimate of drug-likeness (QED) is 0.571. The van der Waals surface area contributed by atoms with E-state index in [9.17, 15) is 0 Å². The molecule has 0 spiro atoms. The Morgan fingerprint density at radius 2 is 2.00 bits per heavy atom. The van der Waals surface area contributed by atoms with Crippen molar-refractivity contribution < 1.29 is 0 Å². The molecule has 0 aliphatic rings. The summed E-state index contributed by atoms with van der Waals surface area (Å²) in [5, 5.41) is 0.576. The maximum absolute atomic E-state index is 6.15. The molecule has 0 bridgehead atoms. The predicted molar refractivity (Wildman–Crippen MR) is 73.9 cm³/mol. The average molecular weight is 256 g/mol. The molecule has 0 amide bonds.